The molecule has 17 heavy (non-hydrogen) atoms. The van der Waals surface area contributed by atoms with Gasteiger partial charge in [0.15, 0.2) is 5.78 Å². The molecule has 0 atom stereocenters. The van der Waals surface area contributed by atoms with Crippen molar-refractivity contribution in [1.82, 2.24) is 0 Å². The molecule has 0 aliphatic heterocycles. The van der Waals surface area contributed by atoms with E-state index in [0.29, 0.717) is 0 Å². The number of alkyl halides is 2. The average molecular weight is 239 g/mol. The number of nitrogens with zero attached hydrogens (tertiary/aromatic N) is 1. The van der Waals surface area contributed by atoms with Gasteiger partial charge in [0.2, 0.25) is 0 Å². The lowest BCUT2D eigenvalue weighted by Crippen LogP contribution is -2.03. The van der Waals surface area contributed by atoms with Crippen molar-refractivity contribution < 1.29 is 18.3 Å². The number of Topliss-reactive ketones (excluding diaryl/α,β-unsaturated/α-hetero) is 1. The molecule has 0 unspecified atom stereocenters. The van der Waals surface area contributed by atoms with Crippen LogP contribution in [0.25, 0.3) is 0 Å². The van der Waals surface area contributed by atoms with E-state index < -0.39 is 12.2 Å². The number of ether oxygens (including phenoxy) is 1. The SMILES string of the molecule is CCOc1cc(C#N)c(C(C)=O)cc1C(F)F. The van der Waals surface area contributed by atoms with E-state index in [1.54, 1.807) is 13.0 Å². The molecule has 0 aliphatic carbocycles. The van der Waals surface area contributed by atoms with Crippen LogP contribution in [-0.4, -0.2) is 12.4 Å². The lowest BCUT2D eigenvalue weighted by atomic mass is 10.0. The molecular formula is C12H11F2NO2. The summed E-state index contributed by atoms with van der Waals surface area (Å²) in [6, 6.07) is 4.00. The fourth-order valence-corrected chi connectivity index (χ4v) is 1.43. The number of nitriles is 1. The topological polar surface area (TPSA) is 50.1 Å². The molecule has 0 N–H and O–H groups in total. The van der Waals surface area contributed by atoms with Gasteiger partial charge < -0.3 is 4.74 Å². The normalized spacial score (nSPS) is 10.1. The zero-order valence-corrected chi connectivity index (χ0v) is 9.46. The average Bonchev–Trinajstić information content (AvgIpc) is 2.28. The van der Waals surface area contributed by atoms with Crippen LogP contribution in [0.2, 0.25) is 0 Å². The van der Waals surface area contributed by atoms with Crippen molar-refractivity contribution in [3.05, 3.63) is 28.8 Å². The fraction of sp³-hybridized carbons (Fsp3) is 0.333. The molecule has 0 aromatic heterocycles. The number of benzene rings is 1. The predicted molar refractivity (Wildman–Crippen MR) is 57.3 cm³/mol. The second-order valence-corrected chi connectivity index (χ2v) is 3.34. The van der Waals surface area contributed by atoms with Gasteiger partial charge in [-0.25, -0.2) is 8.78 Å². The minimum absolute atomic E-state index is 0.00810. The summed E-state index contributed by atoms with van der Waals surface area (Å²) in [5.41, 5.74) is -0.326. The largest absolute Gasteiger partial charge is 0.493 e. The molecular weight excluding hydrogens is 228 g/mol. The van der Waals surface area contributed by atoms with Crippen molar-refractivity contribution in [2.24, 2.45) is 0 Å². The van der Waals surface area contributed by atoms with Gasteiger partial charge in [-0.15, -0.1) is 0 Å². The Hall–Kier alpha value is -1.96. The van der Waals surface area contributed by atoms with E-state index in [9.17, 15) is 13.6 Å². The third-order valence-corrected chi connectivity index (χ3v) is 2.18. The Morgan fingerprint density at radius 3 is 2.59 bits per heavy atom. The highest BCUT2D eigenvalue weighted by Gasteiger charge is 2.19. The van der Waals surface area contributed by atoms with Gasteiger partial charge in [-0.05, 0) is 26.0 Å². The third kappa shape index (κ3) is 2.78. The van der Waals surface area contributed by atoms with Crippen LogP contribution < -0.4 is 4.74 Å². The first-order chi connectivity index (χ1) is 8.01. The van der Waals surface area contributed by atoms with E-state index in [1.807, 2.05) is 0 Å². The van der Waals surface area contributed by atoms with Gasteiger partial charge in [0.05, 0.1) is 17.7 Å². The molecule has 0 aliphatic rings. The lowest BCUT2D eigenvalue weighted by molar-refractivity contribution is 0.101. The number of carbonyl (C=O) groups is 1. The van der Waals surface area contributed by atoms with Crippen LogP contribution in [-0.2, 0) is 0 Å². The summed E-state index contributed by atoms with van der Waals surface area (Å²) in [5.74, 6) is -0.476. The Labute approximate surface area is 97.6 Å². The van der Waals surface area contributed by atoms with Crippen molar-refractivity contribution in [3.63, 3.8) is 0 Å². The molecule has 1 rings (SSSR count). The van der Waals surface area contributed by atoms with Crippen LogP contribution in [0.15, 0.2) is 12.1 Å². The van der Waals surface area contributed by atoms with Crippen LogP contribution in [0.1, 0.15) is 41.8 Å². The van der Waals surface area contributed by atoms with E-state index in [1.165, 1.54) is 13.0 Å². The Bertz CT molecular complexity index is 478. The fourth-order valence-electron chi connectivity index (χ4n) is 1.43. The summed E-state index contributed by atoms with van der Waals surface area (Å²) in [7, 11) is 0. The molecule has 90 valence electrons. The molecule has 0 heterocycles. The van der Waals surface area contributed by atoms with Gasteiger partial charge in [0, 0.05) is 5.56 Å². The van der Waals surface area contributed by atoms with Crippen LogP contribution >= 0.6 is 0 Å². The van der Waals surface area contributed by atoms with Gasteiger partial charge in [-0.1, -0.05) is 0 Å². The molecule has 0 radical (unpaired) electrons. The van der Waals surface area contributed by atoms with Crippen molar-refractivity contribution in [2.75, 3.05) is 6.61 Å². The highest BCUT2D eigenvalue weighted by atomic mass is 19.3. The molecule has 5 heteroatoms. The van der Waals surface area contributed by atoms with E-state index >= 15 is 0 Å². The minimum atomic E-state index is -2.75. The first-order valence-corrected chi connectivity index (χ1v) is 5.01. The molecule has 0 saturated carbocycles. The standard InChI is InChI=1S/C12H11F2NO2/c1-3-17-11-4-8(6-15)9(7(2)16)5-10(11)12(13)14/h4-5,12H,3H2,1-2H3. The smallest absolute Gasteiger partial charge is 0.267 e. The maximum absolute atomic E-state index is 12.8. The predicted octanol–water partition coefficient (Wildman–Crippen LogP) is 3.10. The van der Waals surface area contributed by atoms with Gasteiger partial charge in [0.25, 0.3) is 6.43 Å². The molecule has 3 nitrogen and oxygen atoms in total. The minimum Gasteiger partial charge on any atom is -0.493 e. The van der Waals surface area contributed by atoms with Crippen LogP contribution in [0.4, 0.5) is 8.78 Å². The Kier molecular flexibility index (Phi) is 4.16. The number of ketones is 1. The Morgan fingerprint density at radius 1 is 1.53 bits per heavy atom. The lowest BCUT2D eigenvalue weighted by Gasteiger charge is -2.11. The maximum Gasteiger partial charge on any atom is 0.267 e. The molecule has 0 spiro atoms. The molecule has 0 amide bonds. The van der Waals surface area contributed by atoms with E-state index in [-0.39, 0.29) is 29.0 Å². The molecule has 0 saturated heterocycles. The highest BCUT2D eigenvalue weighted by Crippen LogP contribution is 2.32. The number of hydrogen-bond acceptors (Lipinski definition) is 3. The number of halogens is 2. The van der Waals surface area contributed by atoms with Gasteiger partial charge in [0.1, 0.15) is 11.8 Å². The number of carbonyl (C=O) groups excluding carboxylic acids is 1. The molecule has 0 bridgehead atoms. The summed E-state index contributed by atoms with van der Waals surface area (Å²) in [5, 5.41) is 8.84. The molecule has 0 fully saturated rings. The Morgan fingerprint density at radius 2 is 2.18 bits per heavy atom. The molecule has 1 aromatic rings. The second-order valence-electron chi connectivity index (χ2n) is 3.34. The monoisotopic (exact) mass is 239 g/mol. The first kappa shape index (κ1) is 13.1. The van der Waals surface area contributed by atoms with Crippen LogP contribution in [0.5, 0.6) is 5.75 Å². The van der Waals surface area contributed by atoms with E-state index in [4.69, 9.17) is 10.00 Å². The van der Waals surface area contributed by atoms with Crippen LogP contribution in [0.3, 0.4) is 0 Å². The summed E-state index contributed by atoms with van der Waals surface area (Å²) in [6.07, 6.45) is -2.75. The molecule has 1 aromatic carbocycles. The van der Waals surface area contributed by atoms with Crippen LogP contribution in [0, 0.1) is 11.3 Å². The Balaban J connectivity index is 3.43. The highest BCUT2D eigenvalue weighted by molar-refractivity contribution is 5.97. The summed E-state index contributed by atoms with van der Waals surface area (Å²) >= 11 is 0. The van der Waals surface area contributed by atoms with Crippen molar-refractivity contribution in [1.29, 1.82) is 5.26 Å². The van der Waals surface area contributed by atoms with E-state index in [2.05, 4.69) is 0 Å². The maximum atomic E-state index is 12.8. The number of hydrogen-bond donors (Lipinski definition) is 0. The summed E-state index contributed by atoms with van der Waals surface area (Å²) < 4.78 is 30.5. The van der Waals surface area contributed by atoms with Crippen molar-refractivity contribution >= 4 is 5.78 Å². The van der Waals surface area contributed by atoms with Gasteiger partial charge in [-0.2, -0.15) is 5.26 Å². The second kappa shape index (κ2) is 5.39. The quantitative estimate of drug-likeness (QED) is 0.758. The van der Waals surface area contributed by atoms with Gasteiger partial charge >= 0.3 is 0 Å². The third-order valence-electron chi connectivity index (χ3n) is 2.18. The zero-order valence-electron chi connectivity index (χ0n) is 9.46. The summed E-state index contributed by atoms with van der Waals surface area (Å²) in [6.45, 7) is 3.09. The first-order valence-electron chi connectivity index (χ1n) is 5.01. The number of rotatable bonds is 4. The zero-order chi connectivity index (χ0) is 13.0. The van der Waals surface area contributed by atoms with E-state index in [0.717, 1.165) is 6.07 Å². The van der Waals surface area contributed by atoms with Crippen molar-refractivity contribution in [2.45, 2.75) is 20.3 Å². The summed E-state index contributed by atoms with van der Waals surface area (Å²) in [4.78, 5) is 11.2. The van der Waals surface area contributed by atoms with Crippen molar-refractivity contribution in [3.8, 4) is 11.8 Å². The van der Waals surface area contributed by atoms with Gasteiger partial charge in [-0.3, -0.25) is 4.79 Å².